The summed E-state index contributed by atoms with van der Waals surface area (Å²) in [7, 11) is 0. The number of carbonyl (C=O) groups excluding carboxylic acids is 2. The molecule has 0 fully saturated rings. The predicted octanol–water partition coefficient (Wildman–Crippen LogP) is 3.42. The smallest absolute Gasteiger partial charge is 0.179 e. The van der Waals surface area contributed by atoms with Crippen LogP contribution < -0.4 is 5.73 Å². The minimum atomic E-state index is -0.474. The summed E-state index contributed by atoms with van der Waals surface area (Å²) in [5.74, 6) is -0.0582. The molecule has 3 nitrogen and oxygen atoms in total. The van der Waals surface area contributed by atoms with Crippen molar-refractivity contribution in [1.82, 2.24) is 0 Å². The van der Waals surface area contributed by atoms with Crippen molar-refractivity contribution in [3.63, 3.8) is 0 Å². The third-order valence-corrected chi connectivity index (χ3v) is 3.74. The van der Waals surface area contributed by atoms with Gasteiger partial charge in [-0.1, -0.05) is 61.0 Å². The summed E-state index contributed by atoms with van der Waals surface area (Å²) in [6.45, 7) is 0. The maximum absolute atomic E-state index is 12.2. The summed E-state index contributed by atoms with van der Waals surface area (Å²) in [4.78, 5) is 22.8. The van der Waals surface area contributed by atoms with Crippen LogP contribution in [0.25, 0.3) is 0 Å². The van der Waals surface area contributed by atoms with Gasteiger partial charge in [-0.05, 0) is 24.8 Å². The highest BCUT2D eigenvalue weighted by Gasteiger charge is 2.15. The summed E-state index contributed by atoms with van der Waals surface area (Å²) in [6, 6.07) is 16.4. The predicted molar refractivity (Wildman–Crippen MR) is 88.1 cm³/mol. The van der Waals surface area contributed by atoms with Crippen LogP contribution in [0.5, 0.6) is 0 Å². The van der Waals surface area contributed by atoms with E-state index in [1.807, 2.05) is 18.2 Å². The number of benzene rings is 2. The summed E-state index contributed by atoms with van der Waals surface area (Å²) in [6.07, 6.45) is 4.40. The fourth-order valence-corrected chi connectivity index (χ4v) is 2.41. The van der Waals surface area contributed by atoms with Crippen LogP contribution in [0.3, 0.4) is 0 Å². The van der Waals surface area contributed by atoms with Crippen molar-refractivity contribution in [3.8, 4) is 0 Å². The van der Waals surface area contributed by atoms with Gasteiger partial charge in [0.2, 0.25) is 0 Å². The summed E-state index contributed by atoms with van der Waals surface area (Å²) >= 11 is 0. The Labute approximate surface area is 131 Å². The first-order chi connectivity index (χ1) is 10.7. The van der Waals surface area contributed by atoms with E-state index in [2.05, 4.69) is 12.1 Å². The van der Waals surface area contributed by atoms with E-state index in [9.17, 15) is 9.59 Å². The maximum atomic E-state index is 12.2. The number of Topliss-reactive ketones (excluding diaryl/α,β-unsaturated/α-hetero) is 1. The van der Waals surface area contributed by atoms with E-state index in [4.69, 9.17) is 5.73 Å². The molecule has 0 saturated carbocycles. The third-order valence-electron chi connectivity index (χ3n) is 3.74. The van der Waals surface area contributed by atoms with E-state index in [0.717, 1.165) is 25.5 Å². The quantitative estimate of drug-likeness (QED) is 0.461. The number of hydrogen-bond acceptors (Lipinski definition) is 3. The Morgan fingerprint density at radius 2 is 1.68 bits per heavy atom. The van der Waals surface area contributed by atoms with E-state index in [1.165, 1.54) is 5.56 Å². The summed E-state index contributed by atoms with van der Waals surface area (Å²) < 4.78 is 0. The number of aryl methyl sites for hydroxylation is 1. The van der Waals surface area contributed by atoms with E-state index >= 15 is 0 Å². The molecule has 0 aliphatic rings. The van der Waals surface area contributed by atoms with Gasteiger partial charge in [-0.2, -0.15) is 0 Å². The van der Waals surface area contributed by atoms with Gasteiger partial charge in [-0.25, -0.2) is 0 Å². The van der Waals surface area contributed by atoms with Gasteiger partial charge in [0.15, 0.2) is 5.78 Å². The molecule has 0 amide bonds. The van der Waals surface area contributed by atoms with E-state index in [1.54, 1.807) is 24.3 Å². The first-order valence-corrected chi connectivity index (χ1v) is 7.59. The number of hydrogen-bond donors (Lipinski definition) is 1. The molecule has 2 N–H and O–H groups in total. The average Bonchev–Trinajstić information content (AvgIpc) is 2.59. The van der Waals surface area contributed by atoms with Crippen molar-refractivity contribution in [3.05, 3.63) is 71.3 Å². The van der Waals surface area contributed by atoms with Crippen LogP contribution >= 0.6 is 0 Å². The minimum absolute atomic E-state index is 0.0582. The SMILES string of the molecule is NC(CCCCc1ccccc1)C(=O)c1ccc(C=O)cc1. The second kappa shape index (κ2) is 8.25. The second-order valence-corrected chi connectivity index (χ2v) is 5.44. The molecule has 0 aliphatic heterocycles. The Balaban J connectivity index is 1.77. The van der Waals surface area contributed by atoms with Crippen molar-refractivity contribution >= 4 is 12.1 Å². The zero-order valence-electron chi connectivity index (χ0n) is 12.6. The molecule has 0 radical (unpaired) electrons. The molecule has 0 heterocycles. The van der Waals surface area contributed by atoms with Crippen molar-refractivity contribution in [2.24, 2.45) is 5.73 Å². The maximum Gasteiger partial charge on any atom is 0.179 e. The monoisotopic (exact) mass is 295 g/mol. The summed E-state index contributed by atoms with van der Waals surface area (Å²) in [5, 5.41) is 0. The highest BCUT2D eigenvalue weighted by molar-refractivity contribution is 6.00. The zero-order chi connectivity index (χ0) is 15.8. The fraction of sp³-hybridized carbons (Fsp3) is 0.263. The van der Waals surface area contributed by atoms with Crippen molar-refractivity contribution in [2.45, 2.75) is 31.7 Å². The Morgan fingerprint density at radius 1 is 1.00 bits per heavy atom. The van der Waals surface area contributed by atoms with Gasteiger partial charge in [-0.15, -0.1) is 0 Å². The van der Waals surface area contributed by atoms with Gasteiger partial charge in [0.25, 0.3) is 0 Å². The van der Waals surface area contributed by atoms with E-state index in [-0.39, 0.29) is 5.78 Å². The topological polar surface area (TPSA) is 60.2 Å². The number of aldehydes is 1. The largest absolute Gasteiger partial charge is 0.321 e. The number of nitrogens with two attached hydrogens (primary N) is 1. The Hall–Kier alpha value is -2.26. The first-order valence-electron chi connectivity index (χ1n) is 7.59. The lowest BCUT2D eigenvalue weighted by atomic mass is 9.98. The summed E-state index contributed by atoms with van der Waals surface area (Å²) in [5.41, 5.74) is 8.43. The van der Waals surface area contributed by atoms with Crippen LogP contribution in [0.15, 0.2) is 54.6 Å². The fourth-order valence-electron chi connectivity index (χ4n) is 2.41. The standard InChI is InChI=1S/C19H21NO2/c20-18(9-5-4-8-15-6-2-1-3-7-15)19(22)17-12-10-16(14-21)11-13-17/h1-3,6-7,10-14,18H,4-5,8-9,20H2. The molecular formula is C19H21NO2. The Kier molecular flexibility index (Phi) is 6.04. The third kappa shape index (κ3) is 4.64. The van der Waals surface area contributed by atoms with E-state index in [0.29, 0.717) is 17.5 Å². The van der Waals surface area contributed by atoms with Crippen LogP contribution in [0.4, 0.5) is 0 Å². The average molecular weight is 295 g/mol. The van der Waals surface area contributed by atoms with Crippen LogP contribution in [0.2, 0.25) is 0 Å². The van der Waals surface area contributed by atoms with E-state index < -0.39 is 6.04 Å². The number of unbranched alkanes of at least 4 members (excludes halogenated alkanes) is 1. The number of carbonyl (C=O) groups is 2. The van der Waals surface area contributed by atoms with Gasteiger partial charge >= 0.3 is 0 Å². The van der Waals surface area contributed by atoms with Gasteiger partial charge < -0.3 is 5.73 Å². The minimum Gasteiger partial charge on any atom is -0.321 e. The zero-order valence-corrected chi connectivity index (χ0v) is 12.6. The number of rotatable bonds is 8. The van der Waals surface area contributed by atoms with Gasteiger partial charge in [0.1, 0.15) is 6.29 Å². The molecule has 3 heteroatoms. The molecule has 0 saturated heterocycles. The molecule has 0 bridgehead atoms. The highest BCUT2D eigenvalue weighted by Crippen LogP contribution is 2.11. The van der Waals surface area contributed by atoms with Gasteiger partial charge in [0, 0.05) is 11.1 Å². The lowest BCUT2D eigenvalue weighted by Gasteiger charge is -2.10. The van der Waals surface area contributed by atoms with Crippen LogP contribution in [-0.2, 0) is 6.42 Å². The molecule has 2 rings (SSSR count). The van der Waals surface area contributed by atoms with Crippen molar-refractivity contribution in [2.75, 3.05) is 0 Å². The van der Waals surface area contributed by atoms with Crippen molar-refractivity contribution < 1.29 is 9.59 Å². The second-order valence-electron chi connectivity index (χ2n) is 5.44. The normalized spacial score (nSPS) is 11.9. The molecule has 1 atom stereocenters. The molecule has 114 valence electrons. The molecular weight excluding hydrogens is 274 g/mol. The van der Waals surface area contributed by atoms with Crippen molar-refractivity contribution in [1.29, 1.82) is 0 Å². The Morgan fingerprint density at radius 3 is 2.32 bits per heavy atom. The van der Waals surface area contributed by atoms with Crippen LogP contribution in [0.1, 0.15) is 45.5 Å². The molecule has 0 aromatic heterocycles. The molecule has 2 aromatic rings. The molecule has 0 aliphatic carbocycles. The Bertz CT molecular complexity index is 605. The number of ketones is 1. The molecule has 22 heavy (non-hydrogen) atoms. The van der Waals surface area contributed by atoms with Crippen LogP contribution in [-0.4, -0.2) is 18.1 Å². The lowest BCUT2D eigenvalue weighted by molar-refractivity contribution is 0.0955. The molecule has 0 spiro atoms. The van der Waals surface area contributed by atoms with Gasteiger partial charge in [-0.3, -0.25) is 9.59 Å². The van der Waals surface area contributed by atoms with Gasteiger partial charge in [0.05, 0.1) is 6.04 Å². The highest BCUT2D eigenvalue weighted by atomic mass is 16.1. The molecule has 1 unspecified atom stereocenters. The lowest BCUT2D eigenvalue weighted by Crippen LogP contribution is -2.30. The first kappa shape index (κ1) is 16.1. The van der Waals surface area contributed by atoms with Crippen LogP contribution in [0, 0.1) is 0 Å². The molecule has 2 aromatic carbocycles.